The van der Waals surface area contributed by atoms with Crippen LogP contribution in [-0.4, -0.2) is 49.0 Å². The molecule has 0 spiro atoms. The summed E-state index contributed by atoms with van der Waals surface area (Å²) < 4.78 is 11.2. The maximum atomic E-state index is 10.4. The third-order valence-electron chi connectivity index (χ3n) is 5.62. The van der Waals surface area contributed by atoms with Crippen LogP contribution in [0.3, 0.4) is 0 Å². The fourth-order valence-corrected chi connectivity index (χ4v) is 4.33. The number of rotatable bonds is 6. The summed E-state index contributed by atoms with van der Waals surface area (Å²) in [5.41, 5.74) is 0.565. The van der Waals surface area contributed by atoms with Crippen LogP contribution in [0, 0.1) is 17.2 Å². The number of likely N-dealkylation sites (tertiary alicyclic amines) is 1. The third-order valence-corrected chi connectivity index (χ3v) is 5.62. The van der Waals surface area contributed by atoms with E-state index in [2.05, 4.69) is 11.0 Å². The van der Waals surface area contributed by atoms with Crippen LogP contribution in [-0.2, 0) is 0 Å². The monoisotopic (exact) mass is 344 g/mol. The van der Waals surface area contributed by atoms with E-state index in [9.17, 15) is 5.11 Å². The first-order valence-corrected chi connectivity index (χ1v) is 9.36. The molecule has 3 atom stereocenters. The summed E-state index contributed by atoms with van der Waals surface area (Å²) >= 11 is 0. The number of benzene rings is 1. The highest BCUT2D eigenvalue weighted by Gasteiger charge is 2.36. The molecule has 0 radical (unpaired) electrons. The first kappa shape index (κ1) is 18.0. The van der Waals surface area contributed by atoms with Crippen molar-refractivity contribution < 1.29 is 14.6 Å². The molecule has 1 saturated carbocycles. The van der Waals surface area contributed by atoms with Gasteiger partial charge >= 0.3 is 0 Å². The van der Waals surface area contributed by atoms with Gasteiger partial charge in [0.05, 0.1) is 24.8 Å². The number of hydrogen-bond donors (Lipinski definition) is 1. The van der Waals surface area contributed by atoms with Gasteiger partial charge in [0.15, 0.2) is 11.5 Å². The minimum absolute atomic E-state index is 0.140. The average molecular weight is 344 g/mol. The predicted octanol–water partition coefficient (Wildman–Crippen LogP) is 2.96. The molecule has 0 aromatic heterocycles. The SMILES string of the molecule is COc1cc(C#N)ccc1OCCN1CCC[C@@H]1[C@@H]1CCCC[C@H]1O. The van der Waals surface area contributed by atoms with E-state index in [1.165, 1.54) is 19.3 Å². The van der Waals surface area contributed by atoms with Crippen LogP contribution in [0.25, 0.3) is 0 Å². The fraction of sp³-hybridized carbons (Fsp3) is 0.650. The van der Waals surface area contributed by atoms with E-state index in [0.29, 0.717) is 35.6 Å². The van der Waals surface area contributed by atoms with Crippen molar-refractivity contribution in [1.82, 2.24) is 4.90 Å². The molecule has 0 bridgehead atoms. The van der Waals surface area contributed by atoms with Gasteiger partial charge in [-0.25, -0.2) is 0 Å². The zero-order valence-electron chi connectivity index (χ0n) is 15.0. The van der Waals surface area contributed by atoms with Crippen molar-refractivity contribution in [3.8, 4) is 17.6 Å². The number of methoxy groups -OCH3 is 1. The minimum atomic E-state index is -0.140. The molecule has 136 valence electrons. The molecule has 1 N–H and O–H groups in total. The topological polar surface area (TPSA) is 65.7 Å². The molecule has 25 heavy (non-hydrogen) atoms. The first-order chi connectivity index (χ1) is 12.2. The Labute approximate surface area is 150 Å². The van der Waals surface area contributed by atoms with Gasteiger partial charge in [0.2, 0.25) is 0 Å². The molecule has 1 aliphatic carbocycles. The molecular formula is C20H28N2O3. The molecule has 5 heteroatoms. The van der Waals surface area contributed by atoms with Gasteiger partial charge in [0.25, 0.3) is 0 Å². The standard InChI is InChI=1S/C20H28N2O3/c1-24-20-13-15(14-21)8-9-19(20)25-12-11-22-10-4-6-17(22)16-5-2-3-7-18(16)23/h8-9,13,16-18,23H,2-7,10-12H2,1H3/t16-,17+,18+/m0/s1. The number of nitrogens with zero attached hydrogens (tertiary/aromatic N) is 2. The van der Waals surface area contributed by atoms with Gasteiger partial charge in [-0.3, -0.25) is 4.90 Å². The number of ether oxygens (including phenoxy) is 2. The van der Waals surface area contributed by atoms with Crippen LogP contribution in [0.4, 0.5) is 0 Å². The molecule has 1 aliphatic heterocycles. The number of nitriles is 1. The number of aliphatic hydroxyl groups excluding tert-OH is 1. The van der Waals surface area contributed by atoms with Gasteiger partial charge in [0, 0.05) is 24.6 Å². The van der Waals surface area contributed by atoms with Crippen molar-refractivity contribution in [2.75, 3.05) is 26.8 Å². The lowest BCUT2D eigenvalue weighted by atomic mass is 9.80. The quantitative estimate of drug-likeness (QED) is 0.859. The average Bonchev–Trinajstić information content (AvgIpc) is 3.10. The molecule has 2 fully saturated rings. The van der Waals surface area contributed by atoms with Crippen LogP contribution in [0.1, 0.15) is 44.1 Å². The summed E-state index contributed by atoms with van der Waals surface area (Å²) in [6.45, 7) is 2.53. The normalized spacial score (nSPS) is 27.0. The second kappa shape index (κ2) is 8.55. The van der Waals surface area contributed by atoms with Gasteiger partial charge in [-0.1, -0.05) is 12.8 Å². The molecular weight excluding hydrogens is 316 g/mol. The second-order valence-electron chi connectivity index (χ2n) is 7.09. The molecule has 3 rings (SSSR count). The summed E-state index contributed by atoms with van der Waals surface area (Å²) in [6, 6.07) is 7.84. The molecule has 0 amide bonds. The number of hydrogen-bond acceptors (Lipinski definition) is 5. The third kappa shape index (κ3) is 4.26. The summed E-state index contributed by atoms with van der Waals surface area (Å²) in [5.74, 6) is 1.69. The Bertz CT molecular complexity index is 613. The Morgan fingerprint density at radius 2 is 2.04 bits per heavy atom. The highest BCUT2D eigenvalue weighted by atomic mass is 16.5. The van der Waals surface area contributed by atoms with Crippen molar-refractivity contribution in [3.63, 3.8) is 0 Å². The van der Waals surface area contributed by atoms with Gasteiger partial charge in [-0.15, -0.1) is 0 Å². The van der Waals surface area contributed by atoms with Crippen LogP contribution >= 0.6 is 0 Å². The van der Waals surface area contributed by atoms with Crippen LogP contribution in [0.5, 0.6) is 11.5 Å². The molecule has 1 aromatic carbocycles. The van der Waals surface area contributed by atoms with E-state index in [0.717, 1.165) is 32.4 Å². The summed E-state index contributed by atoms with van der Waals surface area (Å²) in [6.07, 6.45) is 6.74. The molecule has 1 saturated heterocycles. The highest BCUT2D eigenvalue weighted by molar-refractivity contribution is 5.46. The van der Waals surface area contributed by atoms with Gasteiger partial charge in [-0.2, -0.15) is 5.26 Å². The van der Waals surface area contributed by atoms with E-state index in [-0.39, 0.29) is 6.10 Å². The second-order valence-corrected chi connectivity index (χ2v) is 7.09. The Morgan fingerprint density at radius 1 is 1.20 bits per heavy atom. The minimum Gasteiger partial charge on any atom is -0.493 e. The Balaban J connectivity index is 1.55. The fourth-order valence-electron chi connectivity index (χ4n) is 4.33. The molecule has 1 heterocycles. The lowest BCUT2D eigenvalue weighted by Crippen LogP contribution is -2.43. The summed E-state index contributed by atoms with van der Waals surface area (Å²) in [7, 11) is 1.59. The maximum absolute atomic E-state index is 10.4. The molecule has 2 aliphatic rings. The van der Waals surface area contributed by atoms with Gasteiger partial charge in [0.1, 0.15) is 6.61 Å². The van der Waals surface area contributed by atoms with Crippen molar-refractivity contribution in [2.24, 2.45) is 5.92 Å². The lowest BCUT2D eigenvalue weighted by Gasteiger charge is -2.37. The van der Waals surface area contributed by atoms with E-state index < -0.39 is 0 Å². The summed E-state index contributed by atoms with van der Waals surface area (Å²) in [4.78, 5) is 2.48. The van der Waals surface area contributed by atoms with Crippen molar-refractivity contribution in [2.45, 2.75) is 50.7 Å². The van der Waals surface area contributed by atoms with E-state index in [1.807, 2.05) is 0 Å². The Kier molecular flexibility index (Phi) is 6.17. The molecule has 0 unspecified atom stereocenters. The van der Waals surface area contributed by atoms with E-state index >= 15 is 0 Å². The summed E-state index contributed by atoms with van der Waals surface area (Å²) in [5, 5.41) is 19.3. The maximum Gasteiger partial charge on any atom is 0.162 e. The van der Waals surface area contributed by atoms with Crippen molar-refractivity contribution >= 4 is 0 Å². The van der Waals surface area contributed by atoms with E-state index in [4.69, 9.17) is 14.7 Å². The molecule has 5 nitrogen and oxygen atoms in total. The van der Waals surface area contributed by atoms with Crippen LogP contribution < -0.4 is 9.47 Å². The predicted molar refractivity (Wildman–Crippen MR) is 95.8 cm³/mol. The Hall–Kier alpha value is -1.77. The van der Waals surface area contributed by atoms with Gasteiger partial charge < -0.3 is 14.6 Å². The first-order valence-electron chi connectivity index (χ1n) is 9.36. The van der Waals surface area contributed by atoms with Gasteiger partial charge in [-0.05, 0) is 44.4 Å². The van der Waals surface area contributed by atoms with Crippen LogP contribution in [0.15, 0.2) is 18.2 Å². The number of aliphatic hydroxyl groups is 1. The Morgan fingerprint density at radius 3 is 2.80 bits per heavy atom. The van der Waals surface area contributed by atoms with E-state index in [1.54, 1.807) is 25.3 Å². The smallest absolute Gasteiger partial charge is 0.162 e. The lowest BCUT2D eigenvalue weighted by molar-refractivity contribution is 0.0193. The largest absolute Gasteiger partial charge is 0.493 e. The zero-order valence-corrected chi connectivity index (χ0v) is 15.0. The van der Waals surface area contributed by atoms with Crippen molar-refractivity contribution in [3.05, 3.63) is 23.8 Å². The van der Waals surface area contributed by atoms with Crippen molar-refractivity contribution in [1.29, 1.82) is 5.26 Å². The van der Waals surface area contributed by atoms with Crippen LogP contribution in [0.2, 0.25) is 0 Å². The molecule has 1 aromatic rings. The zero-order chi connectivity index (χ0) is 17.6. The highest BCUT2D eigenvalue weighted by Crippen LogP contribution is 2.34.